The van der Waals surface area contributed by atoms with Crippen molar-refractivity contribution in [2.45, 2.75) is 13.1 Å². The predicted octanol–water partition coefficient (Wildman–Crippen LogP) is 3.14. The molecular formula is C20H17BN2O2. The molecule has 0 N–H and O–H groups in total. The minimum Gasteiger partial charge on any atom is -0.455 e. The first-order valence-corrected chi connectivity index (χ1v) is 8.37. The highest BCUT2D eigenvalue weighted by molar-refractivity contribution is 6.10. The van der Waals surface area contributed by atoms with E-state index in [2.05, 4.69) is 11.1 Å². The van der Waals surface area contributed by atoms with E-state index in [4.69, 9.17) is 4.74 Å². The summed E-state index contributed by atoms with van der Waals surface area (Å²) >= 11 is 0. The summed E-state index contributed by atoms with van der Waals surface area (Å²) in [6.45, 7) is 0.243. The molecule has 3 aromatic carbocycles. The van der Waals surface area contributed by atoms with Crippen LogP contribution in [0.15, 0.2) is 66.7 Å². The minimum atomic E-state index is -0.397. The van der Waals surface area contributed by atoms with Crippen molar-refractivity contribution in [3.63, 3.8) is 0 Å². The maximum absolute atomic E-state index is 12.6. The van der Waals surface area contributed by atoms with Gasteiger partial charge in [0, 0.05) is 5.39 Å². The molecule has 0 fully saturated rings. The van der Waals surface area contributed by atoms with Crippen LogP contribution in [0.25, 0.3) is 21.8 Å². The Morgan fingerprint density at radius 1 is 1.00 bits per heavy atom. The van der Waals surface area contributed by atoms with Gasteiger partial charge in [0.25, 0.3) is 0 Å². The number of esters is 1. The van der Waals surface area contributed by atoms with Crippen LogP contribution < -0.4 is 0 Å². The molecule has 1 aromatic heterocycles. The van der Waals surface area contributed by atoms with Gasteiger partial charge >= 0.3 is 5.97 Å². The van der Waals surface area contributed by atoms with Gasteiger partial charge in [-0.25, -0.2) is 9.78 Å². The lowest BCUT2D eigenvalue weighted by Crippen LogP contribution is -2.13. The number of hydrogen-bond donors (Lipinski definition) is 0. The highest BCUT2D eigenvalue weighted by atomic mass is 16.5. The fourth-order valence-electron chi connectivity index (χ4n) is 3.12. The van der Waals surface area contributed by atoms with Gasteiger partial charge in [-0.1, -0.05) is 60.7 Å². The number of fused-ring (bicyclic) bond motifs is 3. The van der Waals surface area contributed by atoms with E-state index in [-0.39, 0.29) is 6.61 Å². The van der Waals surface area contributed by atoms with Crippen molar-refractivity contribution in [1.82, 2.24) is 9.55 Å². The zero-order chi connectivity index (χ0) is 17.2. The second-order valence-electron chi connectivity index (χ2n) is 5.90. The average Bonchev–Trinajstić information content (AvgIpc) is 3.06. The molecule has 5 heteroatoms. The standard InChI is InChI=1S/C20H17BN2O2/c21-13-23-17-11-10-15-8-4-5-9-16(15)18(17)22-19(23)20(24)25-12-14-6-2-1-3-7-14/h1-11H,12-13,21H2. The third-order valence-corrected chi connectivity index (χ3v) is 4.36. The van der Waals surface area contributed by atoms with Gasteiger partial charge in [-0.3, -0.25) is 0 Å². The summed E-state index contributed by atoms with van der Waals surface area (Å²) in [5.41, 5.74) is 2.75. The van der Waals surface area contributed by atoms with Crippen molar-refractivity contribution in [2.24, 2.45) is 0 Å². The van der Waals surface area contributed by atoms with E-state index in [1.165, 1.54) is 0 Å². The zero-order valence-electron chi connectivity index (χ0n) is 14.0. The van der Waals surface area contributed by atoms with E-state index in [0.717, 1.165) is 27.4 Å². The Morgan fingerprint density at radius 2 is 1.76 bits per heavy atom. The highest BCUT2D eigenvalue weighted by Gasteiger charge is 2.19. The molecule has 25 heavy (non-hydrogen) atoms. The molecule has 0 radical (unpaired) electrons. The lowest BCUT2D eigenvalue weighted by molar-refractivity contribution is 0.0454. The van der Waals surface area contributed by atoms with Gasteiger partial charge in [-0.2, -0.15) is 0 Å². The molecule has 1 heterocycles. The van der Waals surface area contributed by atoms with Crippen LogP contribution >= 0.6 is 0 Å². The van der Waals surface area contributed by atoms with E-state index in [1.54, 1.807) is 0 Å². The Balaban J connectivity index is 1.73. The van der Waals surface area contributed by atoms with Crippen LogP contribution in [0.4, 0.5) is 0 Å². The highest BCUT2D eigenvalue weighted by Crippen LogP contribution is 2.26. The maximum Gasteiger partial charge on any atom is 0.374 e. The molecule has 0 saturated heterocycles. The Hall–Kier alpha value is -3.08. The van der Waals surface area contributed by atoms with Gasteiger partial charge in [0.15, 0.2) is 0 Å². The normalized spacial score (nSPS) is 11.0. The maximum atomic E-state index is 12.6. The van der Waals surface area contributed by atoms with E-state index >= 15 is 0 Å². The molecule has 0 bridgehead atoms. The van der Waals surface area contributed by atoms with Crippen LogP contribution in [0, 0.1) is 0 Å². The van der Waals surface area contributed by atoms with Crippen molar-refractivity contribution in [1.29, 1.82) is 0 Å². The number of hydrogen-bond acceptors (Lipinski definition) is 3. The first kappa shape index (κ1) is 15.5. The number of carbonyl (C=O) groups is 1. The summed E-state index contributed by atoms with van der Waals surface area (Å²) in [5, 5.41) is 2.16. The zero-order valence-corrected chi connectivity index (χ0v) is 14.0. The van der Waals surface area contributed by atoms with Gasteiger partial charge in [0.2, 0.25) is 5.82 Å². The molecule has 0 aliphatic heterocycles. The fourth-order valence-corrected chi connectivity index (χ4v) is 3.12. The summed E-state index contributed by atoms with van der Waals surface area (Å²) in [6, 6.07) is 21.8. The first-order chi connectivity index (χ1) is 12.3. The van der Waals surface area contributed by atoms with Gasteiger partial charge in [0.05, 0.1) is 11.0 Å². The second-order valence-corrected chi connectivity index (χ2v) is 5.90. The predicted molar refractivity (Wildman–Crippen MR) is 101 cm³/mol. The fraction of sp³-hybridized carbons (Fsp3) is 0.100. The number of imidazole rings is 1. The molecule has 4 nitrogen and oxygen atoms in total. The van der Waals surface area contributed by atoms with Crippen molar-refractivity contribution >= 4 is 35.6 Å². The summed E-state index contributed by atoms with van der Waals surface area (Å²) in [5.74, 6) is -0.0456. The monoisotopic (exact) mass is 328 g/mol. The third-order valence-electron chi connectivity index (χ3n) is 4.36. The molecule has 0 aliphatic rings. The quantitative estimate of drug-likeness (QED) is 0.427. The van der Waals surface area contributed by atoms with E-state index in [9.17, 15) is 4.79 Å². The van der Waals surface area contributed by atoms with Gasteiger partial charge < -0.3 is 9.30 Å². The minimum absolute atomic E-state index is 0.243. The molecule has 4 rings (SSSR count). The average molecular weight is 328 g/mol. The van der Waals surface area contributed by atoms with Gasteiger partial charge in [-0.15, -0.1) is 0 Å². The van der Waals surface area contributed by atoms with E-state index < -0.39 is 5.97 Å². The Bertz CT molecular complexity index is 1060. The summed E-state index contributed by atoms with van der Waals surface area (Å²) in [6.07, 6.45) is 0.657. The molecule has 0 saturated carbocycles. The van der Waals surface area contributed by atoms with Crippen molar-refractivity contribution in [3.05, 3.63) is 78.1 Å². The number of ether oxygens (including phenoxy) is 1. The third kappa shape index (κ3) is 2.78. The van der Waals surface area contributed by atoms with Crippen LogP contribution in [0.5, 0.6) is 0 Å². The summed E-state index contributed by atoms with van der Waals surface area (Å²) in [7, 11) is 2.00. The number of aromatic nitrogens is 2. The Morgan fingerprint density at radius 3 is 2.56 bits per heavy atom. The molecule has 122 valence electrons. The van der Waals surface area contributed by atoms with Crippen LogP contribution in [-0.4, -0.2) is 23.4 Å². The van der Waals surface area contributed by atoms with Crippen LogP contribution in [0.1, 0.15) is 16.2 Å². The second kappa shape index (κ2) is 6.44. The Labute approximate surface area is 146 Å². The molecule has 4 aromatic rings. The van der Waals surface area contributed by atoms with E-state index in [0.29, 0.717) is 12.3 Å². The molecule has 0 atom stereocenters. The molecule has 0 unspecified atom stereocenters. The van der Waals surface area contributed by atoms with Crippen molar-refractivity contribution in [3.8, 4) is 0 Å². The van der Waals surface area contributed by atoms with Gasteiger partial charge in [-0.05, 0) is 23.5 Å². The van der Waals surface area contributed by atoms with Crippen LogP contribution in [0.2, 0.25) is 0 Å². The van der Waals surface area contributed by atoms with Crippen molar-refractivity contribution < 1.29 is 9.53 Å². The number of benzene rings is 3. The lowest BCUT2D eigenvalue weighted by atomic mass is 10.1. The number of rotatable bonds is 4. The first-order valence-electron chi connectivity index (χ1n) is 8.37. The number of nitrogens with zero attached hydrogens (tertiary/aromatic N) is 2. The lowest BCUT2D eigenvalue weighted by Gasteiger charge is -2.07. The molecule has 0 amide bonds. The summed E-state index contributed by atoms with van der Waals surface area (Å²) < 4.78 is 7.39. The molecular weight excluding hydrogens is 311 g/mol. The van der Waals surface area contributed by atoms with E-state index in [1.807, 2.05) is 73.1 Å². The van der Waals surface area contributed by atoms with Crippen LogP contribution in [0.3, 0.4) is 0 Å². The van der Waals surface area contributed by atoms with Crippen molar-refractivity contribution in [2.75, 3.05) is 0 Å². The number of carbonyl (C=O) groups excluding carboxylic acids is 1. The largest absolute Gasteiger partial charge is 0.455 e. The molecule has 0 spiro atoms. The smallest absolute Gasteiger partial charge is 0.374 e. The SMILES string of the molecule is BCn1c(C(=O)OCc2ccccc2)nc2c3ccccc3ccc21. The Kier molecular flexibility index (Phi) is 3.98. The summed E-state index contributed by atoms with van der Waals surface area (Å²) in [4.78, 5) is 17.2. The van der Waals surface area contributed by atoms with Crippen LogP contribution in [-0.2, 0) is 17.8 Å². The van der Waals surface area contributed by atoms with Gasteiger partial charge in [0.1, 0.15) is 14.5 Å². The topological polar surface area (TPSA) is 44.1 Å². The molecule has 0 aliphatic carbocycles.